The van der Waals surface area contributed by atoms with Gasteiger partial charge in [-0.25, -0.2) is 0 Å². The van der Waals surface area contributed by atoms with E-state index < -0.39 is 0 Å². The van der Waals surface area contributed by atoms with E-state index in [1.165, 1.54) is 0 Å². The fourth-order valence-corrected chi connectivity index (χ4v) is 2.07. The van der Waals surface area contributed by atoms with Crippen molar-refractivity contribution in [2.45, 2.75) is 19.9 Å². The zero-order chi connectivity index (χ0) is 11.4. The third-order valence-corrected chi connectivity index (χ3v) is 2.93. The van der Waals surface area contributed by atoms with Gasteiger partial charge in [0.1, 0.15) is 5.69 Å². The molecule has 1 heterocycles. The van der Waals surface area contributed by atoms with E-state index in [0.29, 0.717) is 11.6 Å². The average Bonchev–Trinajstić information content (AvgIpc) is 2.60. The lowest BCUT2D eigenvalue weighted by Gasteiger charge is -2.19. The van der Waals surface area contributed by atoms with E-state index in [4.69, 9.17) is 0 Å². The van der Waals surface area contributed by atoms with Gasteiger partial charge in [-0.3, -0.25) is 9.48 Å². The van der Waals surface area contributed by atoms with Crippen molar-refractivity contribution in [1.29, 1.82) is 0 Å². The summed E-state index contributed by atoms with van der Waals surface area (Å²) in [4.78, 5) is 11.7. The van der Waals surface area contributed by atoms with Crippen LogP contribution in [0.25, 0.3) is 0 Å². The highest BCUT2D eigenvalue weighted by molar-refractivity contribution is 9.09. The number of nitrogens with zero attached hydrogens (tertiary/aromatic N) is 2. The van der Waals surface area contributed by atoms with Crippen LogP contribution in [0.5, 0.6) is 0 Å². The van der Waals surface area contributed by atoms with Crippen molar-refractivity contribution in [2.75, 3.05) is 5.33 Å². The van der Waals surface area contributed by atoms with E-state index in [1.807, 2.05) is 0 Å². The number of hydrogen-bond donors (Lipinski definition) is 1. The molecule has 1 amide bonds. The molecule has 0 saturated carbocycles. The van der Waals surface area contributed by atoms with E-state index in [1.54, 1.807) is 24.0 Å². The predicted molar refractivity (Wildman–Crippen MR) is 63.1 cm³/mol. The maximum Gasteiger partial charge on any atom is 0.272 e. The number of alkyl halides is 1. The number of carbonyl (C=O) groups excluding carboxylic acids is 1. The van der Waals surface area contributed by atoms with E-state index in [-0.39, 0.29) is 11.9 Å². The Balaban J connectivity index is 2.62. The quantitative estimate of drug-likeness (QED) is 0.847. The maximum atomic E-state index is 11.7. The number of rotatable bonds is 4. The number of aryl methyl sites for hydroxylation is 1. The highest BCUT2D eigenvalue weighted by Crippen LogP contribution is 2.06. The van der Waals surface area contributed by atoms with Gasteiger partial charge in [0, 0.05) is 24.6 Å². The second kappa shape index (κ2) is 5.30. The van der Waals surface area contributed by atoms with E-state index >= 15 is 0 Å². The van der Waals surface area contributed by atoms with Gasteiger partial charge in [0.05, 0.1) is 0 Å². The lowest BCUT2D eigenvalue weighted by atomic mass is 10.1. The van der Waals surface area contributed by atoms with Crippen molar-refractivity contribution in [2.24, 2.45) is 13.0 Å². The smallest absolute Gasteiger partial charge is 0.272 e. The Kier molecular flexibility index (Phi) is 4.32. The highest BCUT2D eigenvalue weighted by atomic mass is 79.9. The monoisotopic (exact) mass is 273 g/mol. The van der Waals surface area contributed by atoms with Crippen LogP contribution in [0.1, 0.15) is 24.3 Å². The third-order valence-electron chi connectivity index (χ3n) is 2.23. The molecule has 0 radical (unpaired) electrons. The molecule has 4 nitrogen and oxygen atoms in total. The van der Waals surface area contributed by atoms with Crippen LogP contribution in [-0.4, -0.2) is 27.1 Å². The first-order valence-electron chi connectivity index (χ1n) is 4.91. The van der Waals surface area contributed by atoms with Crippen LogP contribution in [0, 0.1) is 5.92 Å². The summed E-state index contributed by atoms with van der Waals surface area (Å²) in [6, 6.07) is 1.85. The molecular weight excluding hydrogens is 258 g/mol. The SMILES string of the molecule is CC(C)C(CBr)NC(=O)c1ccn(C)n1. The van der Waals surface area contributed by atoms with Gasteiger partial charge in [0.15, 0.2) is 0 Å². The summed E-state index contributed by atoms with van der Waals surface area (Å²) in [5.74, 6) is 0.283. The number of amides is 1. The molecule has 1 N–H and O–H groups in total. The molecular formula is C10H16BrN3O. The molecule has 0 aliphatic heterocycles. The molecule has 0 bridgehead atoms. The van der Waals surface area contributed by atoms with Crippen LogP contribution < -0.4 is 5.32 Å². The topological polar surface area (TPSA) is 46.9 Å². The molecule has 0 aliphatic carbocycles. The molecule has 0 aromatic carbocycles. The molecule has 0 saturated heterocycles. The van der Waals surface area contributed by atoms with Crippen LogP contribution in [-0.2, 0) is 7.05 Å². The lowest BCUT2D eigenvalue weighted by Crippen LogP contribution is -2.39. The summed E-state index contributed by atoms with van der Waals surface area (Å²) in [6.07, 6.45) is 1.76. The summed E-state index contributed by atoms with van der Waals surface area (Å²) in [5.41, 5.74) is 0.462. The molecule has 0 aliphatic rings. The molecule has 15 heavy (non-hydrogen) atoms. The van der Waals surface area contributed by atoms with Crippen LogP contribution in [0.2, 0.25) is 0 Å². The number of nitrogens with one attached hydrogen (secondary N) is 1. The van der Waals surface area contributed by atoms with Crippen molar-refractivity contribution in [3.05, 3.63) is 18.0 Å². The zero-order valence-electron chi connectivity index (χ0n) is 9.20. The van der Waals surface area contributed by atoms with Crippen molar-refractivity contribution in [3.8, 4) is 0 Å². The minimum atomic E-state index is -0.117. The minimum Gasteiger partial charge on any atom is -0.347 e. The molecule has 0 fully saturated rings. The van der Waals surface area contributed by atoms with Gasteiger partial charge in [-0.05, 0) is 12.0 Å². The zero-order valence-corrected chi connectivity index (χ0v) is 10.8. The standard InChI is InChI=1S/C10H16BrN3O/c1-7(2)9(6-11)12-10(15)8-4-5-14(3)13-8/h4-5,7,9H,6H2,1-3H3,(H,12,15). The van der Waals surface area contributed by atoms with Gasteiger partial charge in [-0.2, -0.15) is 5.10 Å². The summed E-state index contributed by atoms with van der Waals surface area (Å²) < 4.78 is 1.62. The molecule has 1 atom stereocenters. The fraction of sp³-hybridized carbons (Fsp3) is 0.600. The molecule has 84 valence electrons. The Hall–Kier alpha value is -0.840. The first kappa shape index (κ1) is 12.2. The number of carbonyl (C=O) groups is 1. The number of halogens is 1. The average molecular weight is 274 g/mol. The van der Waals surface area contributed by atoms with Crippen LogP contribution in [0.3, 0.4) is 0 Å². The van der Waals surface area contributed by atoms with Crippen LogP contribution in [0.4, 0.5) is 0 Å². The molecule has 1 aromatic rings. The summed E-state index contributed by atoms with van der Waals surface area (Å²) >= 11 is 3.38. The van der Waals surface area contributed by atoms with Gasteiger partial charge in [-0.15, -0.1) is 0 Å². The Morgan fingerprint density at radius 1 is 1.67 bits per heavy atom. The Bertz CT molecular complexity index is 335. The van der Waals surface area contributed by atoms with Gasteiger partial charge < -0.3 is 5.32 Å². The molecule has 5 heteroatoms. The molecule has 1 aromatic heterocycles. The largest absolute Gasteiger partial charge is 0.347 e. The first-order valence-corrected chi connectivity index (χ1v) is 6.03. The fourth-order valence-electron chi connectivity index (χ4n) is 1.16. The van der Waals surface area contributed by atoms with Gasteiger partial charge in [0.2, 0.25) is 0 Å². The van der Waals surface area contributed by atoms with E-state index in [2.05, 4.69) is 40.2 Å². The molecule has 0 spiro atoms. The third kappa shape index (κ3) is 3.34. The van der Waals surface area contributed by atoms with Crippen molar-refractivity contribution < 1.29 is 4.79 Å². The second-order valence-electron chi connectivity index (χ2n) is 3.85. The summed E-state index contributed by atoms with van der Waals surface area (Å²) in [6.45, 7) is 4.15. The maximum absolute atomic E-state index is 11.7. The summed E-state index contributed by atoms with van der Waals surface area (Å²) in [5, 5.41) is 7.73. The van der Waals surface area contributed by atoms with Crippen molar-refractivity contribution in [3.63, 3.8) is 0 Å². The highest BCUT2D eigenvalue weighted by Gasteiger charge is 2.17. The Morgan fingerprint density at radius 2 is 2.33 bits per heavy atom. The van der Waals surface area contributed by atoms with Gasteiger partial charge in [-0.1, -0.05) is 29.8 Å². The molecule has 1 rings (SSSR count). The van der Waals surface area contributed by atoms with Gasteiger partial charge in [0.25, 0.3) is 5.91 Å². The lowest BCUT2D eigenvalue weighted by molar-refractivity contribution is 0.0926. The first-order chi connectivity index (χ1) is 7.04. The van der Waals surface area contributed by atoms with Crippen molar-refractivity contribution >= 4 is 21.8 Å². The minimum absolute atomic E-state index is 0.117. The Labute approximate surface area is 98.2 Å². The number of hydrogen-bond acceptors (Lipinski definition) is 2. The molecule has 1 unspecified atom stereocenters. The van der Waals surface area contributed by atoms with E-state index in [9.17, 15) is 4.79 Å². The second-order valence-corrected chi connectivity index (χ2v) is 4.50. The Morgan fingerprint density at radius 3 is 2.73 bits per heavy atom. The summed E-state index contributed by atoms with van der Waals surface area (Å²) in [7, 11) is 1.79. The normalized spacial score (nSPS) is 12.9. The van der Waals surface area contributed by atoms with Crippen LogP contribution in [0.15, 0.2) is 12.3 Å². The van der Waals surface area contributed by atoms with E-state index in [0.717, 1.165) is 5.33 Å². The number of aromatic nitrogens is 2. The van der Waals surface area contributed by atoms with Gasteiger partial charge >= 0.3 is 0 Å². The van der Waals surface area contributed by atoms with Crippen molar-refractivity contribution in [1.82, 2.24) is 15.1 Å². The van der Waals surface area contributed by atoms with Crippen LogP contribution >= 0.6 is 15.9 Å². The predicted octanol–water partition coefficient (Wildman–Crippen LogP) is 1.57.